The van der Waals surface area contributed by atoms with Gasteiger partial charge < -0.3 is 5.32 Å². The second-order valence-corrected chi connectivity index (χ2v) is 6.01. The van der Waals surface area contributed by atoms with Crippen molar-refractivity contribution < 1.29 is 0 Å². The van der Waals surface area contributed by atoms with E-state index >= 15 is 0 Å². The average molecular weight is 275 g/mol. The molecule has 1 fully saturated rings. The molecule has 112 valence electrons. The Balaban J connectivity index is 1.71. The molecule has 20 heavy (non-hydrogen) atoms. The summed E-state index contributed by atoms with van der Waals surface area (Å²) in [6, 6.07) is 6.89. The summed E-state index contributed by atoms with van der Waals surface area (Å²) in [6.07, 6.45) is 7.44. The van der Waals surface area contributed by atoms with Crippen molar-refractivity contribution in [2.75, 3.05) is 19.6 Å². The van der Waals surface area contributed by atoms with E-state index in [0.29, 0.717) is 0 Å². The smallest absolute Gasteiger partial charge is 0.0543 e. The maximum Gasteiger partial charge on any atom is 0.0543 e. The number of hydrogen-bond acceptors (Lipinski definition) is 3. The fourth-order valence-corrected chi connectivity index (χ4v) is 3.10. The molecule has 0 radical (unpaired) electrons. The monoisotopic (exact) mass is 275 g/mol. The molecule has 0 spiro atoms. The van der Waals surface area contributed by atoms with Gasteiger partial charge in [0.05, 0.1) is 5.69 Å². The predicted molar refractivity (Wildman–Crippen MR) is 84.6 cm³/mol. The lowest BCUT2D eigenvalue weighted by Crippen LogP contribution is -2.41. The highest BCUT2D eigenvalue weighted by molar-refractivity contribution is 5.03. The molecule has 1 heterocycles. The van der Waals surface area contributed by atoms with Crippen LogP contribution in [-0.4, -0.2) is 35.6 Å². The zero-order valence-electron chi connectivity index (χ0n) is 13.0. The van der Waals surface area contributed by atoms with Crippen molar-refractivity contribution in [1.29, 1.82) is 0 Å². The van der Waals surface area contributed by atoms with Crippen LogP contribution in [0.25, 0.3) is 0 Å². The molecule has 0 amide bonds. The number of pyridine rings is 1. The molecule has 1 aromatic heterocycles. The molecule has 1 saturated carbocycles. The minimum absolute atomic E-state index is 0.734. The van der Waals surface area contributed by atoms with Crippen molar-refractivity contribution in [1.82, 2.24) is 15.2 Å². The van der Waals surface area contributed by atoms with Crippen LogP contribution in [0.5, 0.6) is 0 Å². The van der Waals surface area contributed by atoms with E-state index in [0.717, 1.165) is 38.1 Å². The van der Waals surface area contributed by atoms with Crippen molar-refractivity contribution in [2.45, 2.75) is 52.1 Å². The van der Waals surface area contributed by atoms with Crippen LogP contribution >= 0.6 is 0 Å². The second-order valence-electron chi connectivity index (χ2n) is 6.01. The van der Waals surface area contributed by atoms with Gasteiger partial charge in [-0.25, -0.2) is 0 Å². The van der Waals surface area contributed by atoms with E-state index in [9.17, 15) is 0 Å². The van der Waals surface area contributed by atoms with Gasteiger partial charge in [-0.15, -0.1) is 0 Å². The van der Waals surface area contributed by atoms with Crippen LogP contribution in [0.1, 0.15) is 45.2 Å². The zero-order chi connectivity index (χ0) is 14.2. The van der Waals surface area contributed by atoms with E-state index in [4.69, 9.17) is 0 Å². The van der Waals surface area contributed by atoms with Crippen LogP contribution in [0.3, 0.4) is 0 Å². The van der Waals surface area contributed by atoms with E-state index in [1.165, 1.54) is 31.4 Å². The molecule has 2 atom stereocenters. The summed E-state index contributed by atoms with van der Waals surface area (Å²) in [5, 5.41) is 3.76. The van der Waals surface area contributed by atoms with Gasteiger partial charge >= 0.3 is 0 Å². The molecule has 0 aliphatic heterocycles. The van der Waals surface area contributed by atoms with Crippen LogP contribution in [-0.2, 0) is 6.54 Å². The number of hydrogen-bond donors (Lipinski definition) is 1. The summed E-state index contributed by atoms with van der Waals surface area (Å²) in [6.45, 7) is 8.86. The molecule has 1 aliphatic rings. The van der Waals surface area contributed by atoms with Gasteiger partial charge in [0.1, 0.15) is 0 Å². The van der Waals surface area contributed by atoms with Gasteiger partial charge in [0.2, 0.25) is 0 Å². The Kier molecular flexibility index (Phi) is 6.48. The molecule has 1 N–H and O–H groups in total. The number of rotatable bonds is 7. The third-order valence-electron chi connectivity index (χ3n) is 4.51. The van der Waals surface area contributed by atoms with Gasteiger partial charge in [-0.3, -0.25) is 9.88 Å². The summed E-state index contributed by atoms with van der Waals surface area (Å²) in [7, 11) is 0. The number of nitrogens with one attached hydrogen (secondary N) is 1. The van der Waals surface area contributed by atoms with E-state index in [-0.39, 0.29) is 0 Å². The first-order valence-corrected chi connectivity index (χ1v) is 8.15. The Bertz CT molecular complexity index is 366. The van der Waals surface area contributed by atoms with Crippen molar-refractivity contribution in [2.24, 2.45) is 5.92 Å². The lowest BCUT2D eigenvalue weighted by atomic mass is 9.86. The Labute approximate surface area is 123 Å². The van der Waals surface area contributed by atoms with Crippen molar-refractivity contribution in [3.63, 3.8) is 0 Å². The summed E-state index contributed by atoms with van der Waals surface area (Å²) in [4.78, 5) is 6.88. The van der Waals surface area contributed by atoms with E-state index in [1.807, 2.05) is 12.3 Å². The van der Waals surface area contributed by atoms with Crippen molar-refractivity contribution >= 4 is 0 Å². The molecule has 0 bridgehead atoms. The molecule has 3 heteroatoms. The quantitative estimate of drug-likeness (QED) is 0.829. The topological polar surface area (TPSA) is 28.2 Å². The van der Waals surface area contributed by atoms with Crippen molar-refractivity contribution in [3.8, 4) is 0 Å². The lowest BCUT2D eigenvalue weighted by molar-refractivity contribution is 0.241. The first-order chi connectivity index (χ1) is 9.79. The van der Waals surface area contributed by atoms with Gasteiger partial charge in [0.15, 0.2) is 0 Å². The Hall–Kier alpha value is -0.930. The Morgan fingerprint density at radius 3 is 2.85 bits per heavy atom. The maximum absolute atomic E-state index is 4.41. The zero-order valence-corrected chi connectivity index (χ0v) is 13.0. The summed E-state index contributed by atoms with van der Waals surface area (Å²) >= 11 is 0. The van der Waals surface area contributed by atoms with E-state index < -0.39 is 0 Å². The summed E-state index contributed by atoms with van der Waals surface area (Å²) in [5.41, 5.74) is 1.17. The molecule has 2 unspecified atom stereocenters. The van der Waals surface area contributed by atoms with Crippen molar-refractivity contribution in [3.05, 3.63) is 30.1 Å². The van der Waals surface area contributed by atoms with Gasteiger partial charge in [0, 0.05) is 31.9 Å². The molecule has 0 saturated heterocycles. The third-order valence-corrected chi connectivity index (χ3v) is 4.51. The SMILES string of the molecule is CCN(CCNC1CCCCC1C)Cc1ccccn1. The minimum Gasteiger partial charge on any atom is -0.312 e. The first-order valence-electron chi connectivity index (χ1n) is 8.15. The predicted octanol–water partition coefficient (Wildman–Crippen LogP) is 3.07. The Morgan fingerprint density at radius 2 is 2.15 bits per heavy atom. The van der Waals surface area contributed by atoms with Gasteiger partial charge in [-0.2, -0.15) is 0 Å². The normalized spacial score (nSPS) is 23.1. The molecular weight excluding hydrogens is 246 g/mol. The van der Waals surface area contributed by atoms with Crippen LogP contribution < -0.4 is 5.32 Å². The summed E-state index contributed by atoms with van der Waals surface area (Å²) < 4.78 is 0. The van der Waals surface area contributed by atoms with E-state index in [2.05, 4.69) is 41.2 Å². The van der Waals surface area contributed by atoms with Crippen LogP contribution in [0, 0.1) is 5.92 Å². The number of likely N-dealkylation sites (N-methyl/N-ethyl adjacent to an activating group) is 1. The van der Waals surface area contributed by atoms with E-state index in [1.54, 1.807) is 0 Å². The van der Waals surface area contributed by atoms with Crippen LogP contribution in [0.2, 0.25) is 0 Å². The highest BCUT2D eigenvalue weighted by Crippen LogP contribution is 2.23. The largest absolute Gasteiger partial charge is 0.312 e. The number of nitrogens with zero attached hydrogens (tertiary/aromatic N) is 2. The average Bonchev–Trinajstić information content (AvgIpc) is 2.49. The lowest BCUT2D eigenvalue weighted by Gasteiger charge is -2.30. The van der Waals surface area contributed by atoms with Crippen LogP contribution in [0.4, 0.5) is 0 Å². The fraction of sp³-hybridized carbons (Fsp3) is 0.706. The summed E-state index contributed by atoms with van der Waals surface area (Å²) in [5.74, 6) is 0.842. The van der Waals surface area contributed by atoms with Gasteiger partial charge in [0.25, 0.3) is 0 Å². The van der Waals surface area contributed by atoms with Gasteiger partial charge in [-0.1, -0.05) is 32.8 Å². The maximum atomic E-state index is 4.41. The van der Waals surface area contributed by atoms with Gasteiger partial charge in [-0.05, 0) is 37.4 Å². The Morgan fingerprint density at radius 1 is 1.30 bits per heavy atom. The number of aromatic nitrogens is 1. The molecular formula is C17H29N3. The minimum atomic E-state index is 0.734. The highest BCUT2D eigenvalue weighted by Gasteiger charge is 2.20. The molecule has 3 nitrogen and oxygen atoms in total. The van der Waals surface area contributed by atoms with Crippen LogP contribution in [0.15, 0.2) is 24.4 Å². The second kappa shape index (κ2) is 8.38. The molecule has 1 aromatic rings. The standard InChI is InChI=1S/C17H29N3/c1-3-20(14-16-9-6-7-11-18-16)13-12-19-17-10-5-4-8-15(17)2/h6-7,9,11,15,17,19H,3-5,8,10,12-14H2,1-2H3. The molecule has 0 aromatic carbocycles. The fourth-order valence-electron chi connectivity index (χ4n) is 3.10. The molecule has 2 rings (SSSR count). The molecule has 1 aliphatic carbocycles. The first kappa shape index (κ1) is 15.5. The highest BCUT2D eigenvalue weighted by atomic mass is 15.1. The third kappa shape index (κ3) is 4.88.